The first-order chi connectivity index (χ1) is 12.8. The van der Waals surface area contributed by atoms with E-state index in [-0.39, 0.29) is 17.2 Å². The fourth-order valence-electron chi connectivity index (χ4n) is 2.75. The van der Waals surface area contributed by atoms with Crippen molar-refractivity contribution in [3.63, 3.8) is 0 Å². The second-order valence-corrected chi connectivity index (χ2v) is 8.70. The van der Waals surface area contributed by atoms with E-state index in [1.807, 2.05) is 93.2 Å². The van der Waals surface area contributed by atoms with Crippen LogP contribution in [0.5, 0.6) is 5.75 Å². The van der Waals surface area contributed by atoms with Gasteiger partial charge in [0.25, 0.3) is 5.56 Å². The van der Waals surface area contributed by atoms with E-state index < -0.39 is 0 Å². The van der Waals surface area contributed by atoms with Gasteiger partial charge in [0.1, 0.15) is 11.4 Å². The summed E-state index contributed by atoms with van der Waals surface area (Å²) in [6.07, 6.45) is 0.129. The Balaban J connectivity index is 2.01. The molecule has 1 N–H and O–H groups in total. The van der Waals surface area contributed by atoms with Crippen LogP contribution in [0.2, 0.25) is 0 Å². The lowest BCUT2D eigenvalue weighted by Gasteiger charge is -2.18. The molecule has 3 aromatic rings. The van der Waals surface area contributed by atoms with Crippen LogP contribution < -0.4 is 15.6 Å². The lowest BCUT2D eigenvalue weighted by atomic mass is 10.1. The van der Waals surface area contributed by atoms with Gasteiger partial charge in [0.15, 0.2) is 0 Å². The molecule has 142 valence electrons. The molecule has 27 heavy (non-hydrogen) atoms. The summed E-state index contributed by atoms with van der Waals surface area (Å²) in [5.41, 5.74) is 2.22. The van der Waals surface area contributed by atoms with Crippen LogP contribution in [0.15, 0.2) is 59.4 Å². The fraction of sp³-hybridized carbons (Fsp3) is 0.318. The van der Waals surface area contributed by atoms with E-state index in [4.69, 9.17) is 4.74 Å². The summed E-state index contributed by atoms with van der Waals surface area (Å²) in [5, 5.41) is 3.33. The highest BCUT2D eigenvalue weighted by molar-refractivity contribution is 7.11. The molecular formula is C22H26N2O2S. The molecule has 1 heterocycles. The van der Waals surface area contributed by atoms with Crippen LogP contribution in [0.3, 0.4) is 0 Å². The van der Waals surface area contributed by atoms with Gasteiger partial charge in [0, 0.05) is 5.69 Å². The quantitative estimate of drug-likeness (QED) is 0.601. The normalized spacial score (nSPS) is 11.6. The zero-order valence-electron chi connectivity index (χ0n) is 16.4. The molecule has 0 bridgehead atoms. The Labute approximate surface area is 164 Å². The Morgan fingerprint density at radius 3 is 2.19 bits per heavy atom. The zero-order chi connectivity index (χ0) is 19.6. The Morgan fingerprint density at radius 1 is 1.00 bits per heavy atom. The van der Waals surface area contributed by atoms with Crippen LogP contribution in [0.1, 0.15) is 34.6 Å². The van der Waals surface area contributed by atoms with Crippen LogP contribution in [0, 0.1) is 0 Å². The van der Waals surface area contributed by atoms with Gasteiger partial charge in [0.2, 0.25) is 0 Å². The number of rotatable bonds is 5. The van der Waals surface area contributed by atoms with E-state index in [9.17, 15) is 4.79 Å². The van der Waals surface area contributed by atoms with Crippen LogP contribution >= 0.6 is 11.5 Å². The van der Waals surface area contributed by atoms with Crippen molar-refractivity contribution in [3.8, 4) is 16.2 Å². The van der Waals surface area contributed by atoms with Crippen molar-refractivity contribution in [2.45, 2.75) is 46.3 Å². The summed E-state index contributed by atoms with van der Waals surface area (Å²) >= 11 is 1.49. The minimum absolute atomic E-state index is 0.00569. The summed E-state index contributed by atoms with van der Waals surface area (Å²) in [6.45, 7) is 10.1. The highest BCUT2D eigenvalue weighted by atomic mass is 32.1. The van der Waals surface area contributed by atoms with Crippen LogP contribution in [0.25, 0.3) is 10.4 Å². The van der Waals surface area contributed by atoms with E-state index in [0.29, 0.717) is 5.69 Å². The summed E-state index contributed by atoms with van der Waals surface area (Å²) in [6, 6.07) is 17.7. The lowest BCUT2D eigenvalue weighted by Crippen LogP contribution is -2.29. The Kier molecular flexibility index (Phi) is 5.42. The summed E-state index contributed by atoms with van der Waals surface area (Å²) in [7, 11) is 0. The number of aromatic nitrogens is 1. The van der Waals surface area contributed by atoms with Crippen molar-refractivity contribution >= 4 is 22.9 Å². The van der Waals surface area contributed by atoms with Gasteiger partial charge in [0.05, 0.1) is 16.5 Å². The monoisotopic (exact) mass is 382 g/mol. The molecule has 0 aliphatic rings. The first-order valence-corrected chi connectivity index (χ1v) is 9.89. The zero-order valence-corrected chi connectivity index (χ0v) is 17.3. The molecule has 0 aliphatic carbocycles. The standard InChI is InChI=1S/C22H26N2O2S/c1-15(2)26-18-13-11-17(12-14-18)23-19-20(16-9-7-6-8-10-16)27-24(21(19)25)22(3,4)5/h6-15,23H,1-5H3. The maximum Gasteiger partial charge on any atom is 0.285 e. The fourth-order valence-corrected chi connectivity index (χ4v) is 3.85. The smallest absolute Gasteiger partial charge is 0.285 e. The van der Waals surface area contributed by atoms with Crippen molar-refractivity contribution < 1.29 is 4.74 Å². The largest absolute Gasteiger partial charge is 0.491 e. The third kappa shape index (κ3) is 4.42. The average Bonchev–Trinajstić information content (AvgIpc) is 2.94. The molecular weight excluding hydrogens is 356 g/mol. The molecule has 0 spiro atoms. The number of anilines is 2. The summed E-state index contributed by atoms with van der Waals surface area (Å²) in [4.78, 5) is 14.1. The van der Waals surface area contributed by atoms with Crippen LogP contribution in [-0.4, -0.2) is 10.1 Å². The molecule has 0 amide bonds. The van der Waals surface area contributed by atoms with Crippen LogP contribution in [0.4, 0.5) is 11.4 Å². The average molecular weight is 383 g/mol. The van der Waals surface area contributed by atoms with E-state index >= 15 is 0 Å². The predicted molar refractivity (Wildman–Crippen MR) is 114 cm³/mol. The molecule has 0 saturated carbocycles. The molecule has 1 aromatic heterocycles. The number of hydrogen-bond donors (Lipinski definition) is 1. The van der Waals surface area contributed by atoms with E-state index in [1.54, 1.807) is 0 Å². The van der Waals surface area contributed by atoms with Gasteiger partial charge in [-0.05, 0) is 64.4 Å². The molecule has 4 nitrogen and oxygen atoms in total. The summed E-state index contributed by atoms with van der Waals surface area (Å²) in [5.74, 6) is 0.816. The van der Waals surface area contributed by atoms with Crippen molar-refractivity contribution in [2.75, 3.05) is 5.32 Å². The van der Waals surface area contributed by atoms with E-state index in [1.165, 1.54) is 11.5 Å². The van der Waals surface area contributed by atoms with Gasteiger partial charge in [-0.15, -0.1) is 0 Å². The van der Waals surface area contributed by atoms with E-state index in [0.717, 1.165) is 21.9 Å². The lowest BCUT2D eigenvalue weighted by molar-refractivity contribution is 0.242. The first-order valence-electron chi connectivity index (χ1n) is 9.11. The molecule has 0 saturated heterocycles. The van der Waals surface area contributed by atoms with Gasteiger partial charge in [-0.25, -0.2) is 0 Å². The minimum Gasteiger partial charge on any atom is -0.491 e. The molecule has 0 unspecified atom stereocenters. The minimum atomic E-state index is -0.278. The number of nitrogens with one attached hydrogen (secondary N) is 1. The molecule has 0 fully saturated rings. The molecule has 0 aliphatic heterocycles. The Morgan fingerprint density at radius 2 is 1.63 bits per heavy atom. The van der Waals surface area contributed by atoms with Gasteiger partial charge >= 0.3 is 0 Å². The van der Waals surface area contributed by atoms with Gasteiger partial charge < -0.3 is 10.1 Å². The van der Waals surface area contributed by atoms with Gasteiger partial charge in [-0.1, -0.05) is 41.9 Å². The van der Waals surface area contributed by atoms with Crippen molar-refractivity contribution in [3.05, 3.63) is 65.0 Å². The first kappa shape index (κ1) is 19.2. The highest BCUT2D eigenvalue weighted by Gasteiger charge is 2.23. The molecule has 3 rings (SSSR count). The van der Waals surface area contributed by atoms with Crippen molar-refractivity contribution in [1.29, 1.82) is 0 Å². The third-order valence-corrected chi connectivity index (χ3v) is 5.47. The molecule has 0 atom stereocenters. The Hall–Kier alpha value is -2.53. The molecule has 0 radical (unpaired) electrons. The van der Waals surface area contributed by atoms with Gasteiger partial charge in [-0.3, -0.25) is 8.75 Å². The van der Waals surface area contributed by atoms with Crippen LogP contribution in [-0.2, 0) is 5.54 Å². The Bertz CT molecular complexity index is 949. The van der Waals surface area contributed by atoms with Crippen molar-refractivity contribution in [2.24, 2.45) is 0 Å². The number of nitrogens with zero attached hydrogens (tertiary/aromatic N) is 1. The topological polar surface area (TPSA) is 43.3 Å². The second-order valence-electron chi connectivity index (χ2n) is 7.75. The molecule has 2 aromatic carbocycles. The molecule has 5 heteroatoms. The SMILES string of the molecule is CC(C)Oc1ccc(Nc2c(-c3ccccc3)sn(C(C)(C)C)c2=O)cc1. The third-order valence-electron chi connectivity index (χ3n) is 3.95. The highest BCUT2D eigenvalue weighted by Crippen LogP contribution is 2.35. The maximum absolute atomic E-state index is 13.1. The second kappa shape index (κ2) is 7.61. The van der Waals surface area contributed by atoms with Gasteiger partial charge in [-0.2, -0.15) is 0 Å². The van der Waals surface area contributed by atoms with Crippen molar-refractivity contribution in [1.82, 2.24) is 3.96 Å². The number of benzene rings is 2. The predicted octanol–water partition coefficient (Wildman–Crippen LogP) is 5.86. The van der Waals surface area contributed by atoms with E-state index in [2.05, 4.69) is 5.32 Å². The maximum atomic E-state index is 13.1. The number of ether oxygens (including phenoxy) is 1. The summed E-state index contributed by atoms with van der Waals surface area (Å²) < 4.78 is 7.52. The number of hydrogen-bond acceptors (Lipinski definition) is 4.